The topological polar surface area (TPSA) is 112 Å². The summed E-state index contributed by atoms with van der Waals surface area (Å²) in [5.41, 5.74) is -0.727. The van der Waals surface area contributed by atoms with Gasteiger partial charge in [-0.2, -0.15) is 13.2 Å². The standard InChI is InChI=1S/C31H37ClF3N3O6/c1-21(38-29(40)30(2,3)44-28-9-6-23(20-37-28)31(33,34)35)26(18-22-4-7-24(32)8-5-22)27-19-25(10-11-36-27)43-17-16-42-15-14-41-13-12-39/h4-11,19-21,26,39H,12-18H2,1-3H3,(H,38,40). The Morgan fingerprint density at radius 1 is 0.977 bits per heavy atom. The van der Waals surface area contributed by atoms with Crippen molar-refractivity contribution >= 4 is 17.5 Å². The molecule has 13 heteroatoms. The summed E-state index contributed by atoms with van der Waals surface area (Å²) in [5, 5.41) is 12.3. The summed E-state index contributed by atoms with van der Waals surface area (Å²) < 4.78 is 60.9. The van der Waals surface area contributed by atoms with Gasteiger partial charge in [0, 0.05) is 47.2 Å². The second-order valence-electron chi connectivity index (χ2n) is 10.4. The van der Waals surface area contributed by atoms with E-state index in [4.69, 9.17) is 35.7 Å². The molecule has 1 amide bonds. The number of hydrogen-bond acceptors (Lipinski definition) is 8. The number of halogens is 4. The Morgan fingerprint density at radius 2 is 1.66 bits per heavy atom. The van der Waals surface area contributed by atoms with Gasteiger partial charge in [-0.25, -0.2) is 4.98 Å². The fourth-order valence-corrected chi connectivity index (χ4v) is 4.26. The number of carbonyl (C=O) groups is 1. The van der Waals surface area contributed by atoms with E-state index in [1.807, 2.05) is 19.1 Å². The smallest absolute Gasteiger partial charge is 0.417 e. The van der Waals surface area contributed by atoms with Gasteiger partial charge in [-0.3, -0.25) is 9.78 Å². The fraction of sp³-hybridized carbons (Fsp3) is 0.452. The van der Waals surface area contributed by atoms with Crippen molar-refractivity contribution in [1.82, 2.24) is 15.3 Å². The monoisotopic (exact) mass is 639 g/mol. The average Bonchev–Trinajstić information content (AvgIpc) is 2.98. The molecule has 2 aromatic heterocycles. The van der Waals surface area contributed by atoms with Crippen molar-refractivity contribution in [3.05, 3.63) is 82.8 Å². The van der Waals surface area contributed by atoms with E-state index < -0.39 is 29.3 Å². The number of ether oxygens (including phenoxy) is 4. The second kappa shape index (κ2) is 16.6. The predicted molar refractivity (Wildman–Crippen MR) is 158 cm³/mol. The fourth-order valence-electron chi connectivity index (χ4n) is 4.13. The molecule has 3 aromatic rings. The summed E-state index contributed by atoms with van der Waals surface area (Å²) in [4.78, 5) is 21.6. The van der Waals surface area contributed by atoms with Crippen molar-refractivity contribution in [2.75, 3.05) is 39.6 Å². The van der Waals surface area contributed by atoms with Crippen LogP contribution in [0.1, 0.15) is 43.5 Å². The molecule has 2 heterocycles. The van der Waals surface area contributed by atoms with Gasteiger partial charge in [-0.1, -0.05) is 23.7 Å². The van der Waals surface area contributed by atoms with E-state index >= 15 is 0 Å². The third-order valence-corrected chi connectivity index (χ3v) is 6.79. The molecular weight excluding hydrogens is 603 g/mol. The van der Waals surface area contributed by atoms with Gasteiger partial charge in [0.2, 0.25) is 5.88 Å². The van der Waals surface area contributed by atoms with Crippen LogP contribution in [0, 0.1) is 0 Å². The summed E-state index contributed by atoms with van der Waals surface area (Å²) >= 11 is 6.08. The van der Waals surface area contributed by atoms with Crippen molar-refractivity contribution in [2.45, 2.75) is 50.9 Å². The first-order chi connectivity index (χ1) is 20.9. The quantitative estimate of drug-likeness (QED) is 0.193. The van der Waals surface area contributed by atoms with Gasteiger partial charge in [0.05, 0.1) is 38.6 Å². The van der Waals surface area contributed by atoms with Crippen LogP contribution in [-0.4, -0.2) is 72.3 Å². The van der Waals surface area contributed by atoms with Crippen LogP contribution in [0.3, 0.4) is 0 Å². The summed E-state index contributed by atoms with van der Waals surface area (Å²) in [7, 11) is 0. The molecule has 240 valence electrons. The number of alkyl halides is 3. The Kier molecular flexibility index (Phi) is 13.2. The number of hydrogen-bond donors (Lipinski definition) is 2. The highest BCUT2D eigenvalue weighted by atomic mass is 35.5. The highest BCUT2D eigenvalue weighted by molar-refractivity contribution is 6.30. The molecule has 0 radical (unpaired) electrons. The summed E-state index contributed by atoms with van der Waals surface area (Å²) in [6, 6.07) is 12.4. The van der Waals surface area contributed by atoms with Crippen molar-refractivity contribution in [1.29, 1.82) is 0 Å². The number of nitrogens with one attached hydrogen (secondary N) is 1. The lowest BCUT2D eigenvalue weighted by Crippen LogP contribution is -2.51. The highest BCUT2D eigenvalue weighted by Crippen LogP contribution is 2.30. The molecule has 0 saturated carbocycles. The molecular formula is C31H37ClF3N3O6. The largest absolute Gasteiger partial charge is 0.491 e. The van der Waals surface area contributed by atoms with Crippen LogP contribution in [0.2, 0.25) is 5.02 Å². The van der Waals surface area contributed by atoms with E-state index in [2.05, 4.69) is 15.3 Å². The molecule has 0 spiro atoms. The molecule has 2 N–H and O–H groups in total. The number of carbonyl (C=O) groups excluding carboxylic acids is 1. The zero-order valence-electron chi connectivity index (χ0n) is 24.8. The average molecular weight is 640 g/mol. The maximum atomic E-state index is 13.3. The van der Waals surface area contributed by atoms with Crippen LogP contribution in [0.5, 0.6) is 11.6 Å². The molecule has 0 aliphatic heterocycles. The second-order valence-corrected chi connectivity index (χ2v) is 10.8. The minimum absolute atomic E-state index is 0.0411. The van der Waals surface area contributed by atoms with Crippen molar-refractivity contribution in [3.63, 3.8) is 0 Å². The Labute approximate surface area is 259 Å². The predicted octanol–water partition coefficient (Wildman–Crippen LogP) is 5.24. The molecule has 0 saturated heterocycles. The number of benzene rings is 1. The van der Waals surface area contributed by atoms with E-state index in [9.17, 15) is 18.0 Å². The number of pyridine rings is 2. The van der Waals surface area contributed by atoms with Crippen LogP contribution in [0.15, 0.2) is 60.9 Å². The van der Waals surface area contributed by atoms with E-state index in [-0.39, 0.29) is 25.0 Å². The minimum atomic E-state index is -4.53. The van der Waals surface area contributed by atoms with E-state index in [1.54, 1.807) is 30.5 Å². The van der Waals surface area contributed by atoms with Gasteiger partial charge >= 0.3 is 6.18 Å². The van der Waals surface area contributed by atoms with Gasteiger partial charge in [-0.15, -0.1) is 0 Å². The van der Waals surface area contributed by atoms with Crippen LogP contribution in [0.25, 0.3) is 0 Å². The minimum Gasteiger partial charge on any atom is -0.491 e. The maximum absolute atomic E-state index is 13.3. The molecule has 0 aliphatic carbocycles. The number of aliphatic hydroxyl groups is 1. The van der Waals surface area contributed by atoms with Crippen molar-refractivity contribution in [3.8, 4) is 11.6 Å². The molecule has 2 unspecified atom stereocenters. The Balaban J connectivity index is 1.69. The van der Waals surface area contributed by atoms with Gasteiger partial charge < -0.3 is 29.4 Å². The molecule has 0 aliphatic rings. The first-order valence-electron chi connectivity index (χ1n) is 14.0. The van der Waals surface area contributed by atoms with Gasteiger partial charge in [0.15, 0.2) is 5.60 Å². The molecule has 0 fully saturated rings. The molecule has 2 atom stereocenters. The molecule has 9 nitrogen and oxygen atoms in total. The van der Waals surface area contributed by atoms with Crippen LogP contribution in [0.4, 0.5) is 13.2 Å². The van der Waals surface area contributed by atoms with E-state index in [0.717, 1.165) is 17.7 Å². The van der Waals surface area contributed by atoms with Crippen molar-refractivity contribution in [2.24, 2.45) is 0 Å². The van der Waals surface area contributed by atoms with Gasteiger partial charge in [0.1, 0.15) is 12.4 Å². The van der Waals surface area contributed by atoms with E-state index in [0.29, 0.717) is 55.5 Å². The maximum Gasteiger partial charge on any atom is 0.417 e. The SMILES string of the molecule is CC(NC(=O)C(C)(C)Oc1ccc(C(F)(F)F)cn1)C(Cc1ccc(Cl)cc1)c1cc(OCCOCCOCCO)ccn1. The normalized spacial score (nSPS) is 13.3. The number of aliphatic hydroxyl groups excluding tert-OH is 1. The summed E-state index contributed by atoms with van der Waals surface area (Å²) in [5.74, 6) is -0.326. The molecule has 44 heavy (non-hydrogen) atoms. The van der Waals surface area contributed by atoms with Crippen LogP contribution in [-0.2, 0) is 26.9 Å². The third kappa shape index (κ3) is 11.2. The summed E-state index contributed by atoms with van der Waals surface area (Å²) in [6.45, 7) is 6.46. The summed E-state index contributed by atoms with van der Waals surface area (Å²) in [6.07, 6.45) is -1.74. The first kappa shape index (κ1) is 35.0. The Morgan fingerprint density at radius 3 is 2.30 bits per heavy atom. The van der Waals surface area contributed by atoms with Gasteiger partial charge in [0.25, 0.3) is 5.91 Å². The molecule has 1 aromatic carbocycles. The highest BCUT2D eigenvalue weighted by Gasteiger charge is 2.35. The first-order valence-corrected chi connectivity index (χ1v) is 14.4. The zero-order chi connectivity index (χ0) is 32.2. The molecule has 3 rings (SSSR count). The number of rotatable bonds is 17. The van der Waals surface area contributed by atoms with Crippen molar-refractivity contribution < 1.29 is 42.0 Å². The number of amides is 1. The number of nitrogens with zero attached hydrogens (tertiary/aromatic N) is 2. The zero-order valence-corrected chi connectivity index (χ0v) is 25.5. The lowest BCUT2D eigenvalue weighted by atomic mass is 9.89. The van der Waals surface area contributed by atoms with Gasteiger partial charge in [-0.05, 0) is 57.0 Å². The lowest BCUT2D eigenvalue weighted by Gasteiger charge is -2.30. The third-order valence-electron chi connectivity index (χ3n) is 6.54. The van der Waals surface area contributed by atoms with Crippen LogP contribution >= 0.6 is 11.6 Å². The lowest BCUT2D eigenvalue weighted by molar-refractivity contribution is -0.138. The molecule has 0 bridgehead atoms. The van der Waals surface area contributed by atoms with Crippen LogP contribution < -0.4 is 14.8 Å². The Bertz CT molecular complexity index is 1310. The van der Waals surface area contributed by atoms with E-state index in [1.165, 1.54) is 13.8 Å². The Hall–Kier alpha value is -3.45. The number of aromatic nitrogens is 2.